The predicted molar refractivity (Wildman–Crippen MR) is 84.7 cm³/mol. The lowest BCUT2D eigenvalue weighted by atomic mass is 10.3. The van der Waals surface area contributed by atoms with E-state index in [4.69, 9.17) is 0 Å². The van der Waals surface area contributed by atoms with Gasteiger partial charge in [0.05, 0.1) is 12.2 Å². The third kappa shape index (κ3) is 2.64. The highest BCUT2D eigenvalue weighted by atomic mass is 32.1. The van der Waals surface area contributed by atoms with Crippen LogP contribution in [0.2, 0.25) is 0 Å². The van der Waals surface area contributed by atoms with Crippen LogP contribution >= 0.6 is 11.3 Å². The molecule has 1 aliphatic rings. The van der Waals surface area contributed by atoms with Gasteiger partial charge >= 0.3 is 0 Å². The normalized spacial score (nSPS) is 14.2. The van der Waals surface area contributed by atoms with E-state index in [1.54, 1.807) is 6.20 Å². The van der Waals surface area contributed by atoms with Crippen molar-refractivity contribution in [1.29, 1.82) is 0 Å². The summed E-state index contributed by atoms with van der Waals surface area (Å²) >= 11 is 1.42. The molecule has 1 amide bonds. The fourth-order valence-corrected chi connectivity index (χ4v) is 3.00. The Balaban J connectivity index is 1.49. The molecule has 0 spiro atoms. The maximum absolute atomic E-state index is 11.8. The van der Waals surface area contributed by atoms with Gasteiger partial charge in [0.15, 0.2) is 16.6 Å². The zero-order chi connectivity index (χ0) is 14.9. The molecule has 22 heavy (non-hydrogen) atoms. The van der Waals surface area contributed by atoms with Crippen molar-refractivity contribution in [2.24, 2.45) is 5.92 Å². The number of fused-ring (bicyclic) bond motifs is 1. The van der Waals surface area contributed by atoms with Crippen molar-refractivity contribution < 1.29 is 4.79 Å². The summed E-state index contributed by atoms with van der Waals surface area (Å²) in [6.07, 6.45) is 3.72. The standard InChI is InChI=1S/C14H14N6OS/c21-13(8-4-5-8)18-14-17-12-10(22-14)11(19-20-12)16-7-9-3-1-2-6-15-9/h1-3,6,8H,4-5,7H2,(H3,16,17,18,19,20,21). The minimum absolute atomic E-state index is 0.0624. The number of hydrogen-bond donors (Lipinski definition) is 3. The zero-order valence-corrected chi connectivity index (χ0v) is 12.5. The number of nitrogens with zero attached hydrogens (tertiary/aromatic N) is 3. The first-order valence-corrected chi connectivity index (χ1v) is 7.91. The Labute approximate surface area is 130 Å². The van der Waals surface area contributed by atoms with E-state index in [9.17, 15) is 4.79 Å². The van der Waals surface area contributed by atoms with E-state index >= 15 is 0 Å². The maximum Gasteiger partial charge on any atom is 0.229 e. The lowest BCUT2D eigenvalue weighted by Gasteiger charge is -2.01. The molecule has 7 nitrogen and oxygen atoms in total. The fourth-order valence-electron chi connectivity index (χ4n) is 2.12. The van der Waals surface area contributed by atoms with E-state index in [0.717, 1.165) is 29.1 Å². The molecule has 1 fully saturated rings. The molecule has 1 saturated carbocycles. The van der Waals surface area contributed by atoms with Crippen molar-refractivity contribution in [3.05, 3.63) is 30.1 Å². The molecule has 3 N–H and O–H groups in total. The summed E-state index contributed by atoms with van der Waals surface area (Å²) in [6.45, 7) is 0.586. The van der Waals surface area contributed by atoms with Crippen LogP contribution in [0.1, 0.15) is 18.5 Å². The van der Waals surface area contributed by atoms with Gasteiger partial charge in [-0.1, -0.05) is 17.4 Å². The first kappa shape index (κ1) is 13.2. The Bertz CT molecular complexity index is 807. The molecule has 0 aliphatic heterocycles. The van der Waals surface area contributed by atoms with Crippen LogP contribution in [0.25, 0.3) is 10.3 Å². The van der Waals surface area contributed by atoms with Crippen molar-refractivity contribution in [3.63, 3.8) is 0 Å². The fraction of sp³-hybridized carbons (Fsp3) is 0.286. The summed E-state index contributed by atoms with van der Waals surface area (Å²) in [5, 5.41) is 13.8. The number of hydrogen-bond acceptors (Lipinski definition) is 6. The van der Waals surface area contributed by atoms with Crippen molar-refractivity contribution in [2.45, 2.75) is 19.4 Å². The molecule has 0 saturated heterocycles. The number of amides is 1. The lowest BCUT2D eigenvalue weighted by Crippen LogP contribution is -2.12. The molecule has 8 heteroatoms. The van der Waals surface area contributed by atoms with Crippen LogP contribution in [0.4, 0.5) is 10.9 Å². The second-order valence-corrected chi connectivity index (χ2v) is 6.21. The van der Waals surface area contributed by atoms with Gasteiger partial charge in [0, 0.05) is 12.1 Å². The van der Waals surface area contributed by atoms with Crippen LogP contribution in [0.15, 0.2) is 24.4 Å². The number of pyridine rings is 1. The second kappa shape index (κ2) is 5.38. The minimum Gasteiger partial charge on any atom is -0.362 e. The highest BCUT2D eigenvalue weighted by Crippen LogP contribution is 2.33. The number of anilines is 2. The highest BCUT2D eigenvalue weighted by Gasteiger charge is 2.30. The Hall–Kier alpha value is -2.48. The average molecular weight is 314 g/mol. The first-order chi connectivity index (χ1) is 10.8. The average Bonchev–Trinajstić information content (AvgIpc) is 3.22. The smallest absolute Gasteiger partial charge is 0.229 e. The summed E-state index contributed by atoms with van der Waals surface area (Å²) in [6, 6.07) is 5.78. The summed E-state index contributed by atoms with van der Waals surface area (Å²) < 4.78 is 0.905. The number of aromatic nitrogens is 4. The van der Waals surface area contributed by atoms with Crippen molar-refractivity contribution in [1.82, 2.24) is 20.2 Å². The largest absolute Gasteiger partial charge is 0.362 e. The van der Waals surface area contributed by atoms with Crippen LogP contribution in [-0.2, 0) is 11.3 Å². The van der Waals surface area contributed by atoms with Gasteiger partial charge in [-0.3, -0.25) is 14.9 Å². The minimum atomic E-state index is 0.0624. The molecule has 0 aromatic carbocycles. The van der Waals surface area contributed by atoms with Crippen LogP contribution in [0, 0.1) is 5.92 Å². The molecule has 0 radical (unpaired) electrons. The topological polar surface area (TPSA) is 95.6 Å². The molecule has 0 atom stereocenters. The number of carbonyl (C=O) groups excluding carboxylic acids is 1. The van der Waals surface area contributed by atoms with Gasteiger partial charge in [-0.25, -0.2) is 4.98 Å². The molecule has 112 valence electrons. The molecular formula is C14H14N6OS. The van der Waals surface area contributed by atoms with Crippen molar-refractivity contribution >= 4 is 38.5 Å². The molecule has 0 bridgehead atoms. The third-order valence-corrected chi connectivity index (χ3v) is 4.43. The van der Waals surface area contributed by atoms with E-state index in [-0.39, 0.29) is 11.8 Å². The zero-order valence-electron chi connectivity index (χ0n) is 11.7. The molecule has 3 aromatic heterocycles. The molecule has 4 rings (SSSR count). The van der Waals surface area contributed by atoms with Gasteiger partial charge in [0.25, 0.3) is 0 Å². The van der Waals surface area contributed by atoms with Crippen molar-refractivity contribution in [2.75, 3.05) is 10.6 Å². The number of thiazole rings is 1. The molecule has 3 aromatic rings. The van der Waals surface area contributed by atoms with E-state index in [1.165, 1.54) is 11.3 Å². The Kier molecular flexibility index (Phi) is 3.23. The van der Waals surface area contributed by atoms with Gasteiger partial charge in [-0.15, -0.1) is 0 Å². The van der Waals surface area contributed by atoms with Gasteiger partial charge in [0.1, 0.15) is 4.70 Å². The SMILES string of the molecule is O=C(Nc1nc2[nH]nc(NCc3ccccn3)c2s1)C1CC1. The van der Waals surface area contributed by atoms with Crippen molar-refractivity contribution in [3.8, 4) is 0 Å². The summed E-state index contributed by atoms with van der Waals surface area (Å²) in [4.78, 5) is 20.4. The monoisotopic (exact) mass is 314 g/mol. The number of H-pyrrole nitrogens is 1. The quantitative estimate of drug-likeness (QED) is 0.672. The summed E-state index contributed by atoms with van der Waals surface area (Å²) in [5.74, 6) is 0.958. The summed E-state index contributed by atoms with van der Waals surface area (Å²) in [5.41, 5.74) is 1.62. The van der Waals surface area contributed by atoms with Crippen LogP contribution in [0.5, 0.6) is 0 Å². The van der Waals surface area contributed by atoms with Gasteiger partial charge in [-0.05, 0) is 25.0 Å². The van der Waals surface area contributed by atoms with Crippen LogP contribution in [0.3, 0.4) is 0 Å². The molecular weight excluding hydrogens is 300 g/mol. The van der Waals surface area contributed by atoms with E-state index < -0.39 is 0 Å². The number of nitrogens with one attached hydrogen (secondary N) is 3. The third-order valence-electron chi connectivity index (χ3n) is 3.46. The first-order valence-electron chi connectivity index (χ1n) is 7.09. The number of carbonyl (C=O) groups is 1. The molecule has 0 unspecified atom stereocenters. The second-order valence-electron chi connectivity index (χ2n) is 5.21. The Morgan fingerprint density at radius 2 is 2.32 bits per heavy atom. The van der Waals surface area contributed by atoms with E-state index in [0.29, 0.717) is 17.3 Å². The molecule has 3 heterocycles. The van der Waals surface area contributed by atoms with Crippen LogP contribution < -0.4 is 10.6 Å². The molecule has 1 aliphatic carbocycles. The van der Waals surface area contributed by atoms with Gasteiger partial charge < -0.3 is 10.6 Å². The van der Waals surface area contributed by atoms with Crippen LogP contribution in [-0.4, -0.2) is 26.1 Å². The lowest BCUT2D eigenvalue weighted by molar-refractivity contribution is -0.117. The van der Waals surface area contributed by atoms with Gasteiger partial charge in [-0.2, -0.15) is 5.10 Å². The van der Waals surface area contributed by atoms with Gasteiger partial charge in [0.2, 0.25) is 5.91 Å². The maximum atomic E-state index is 11.8. The van der Waals surface area contributed by atoms with E-state index in [1.807, 2.05) is 18.2 Å². The van der Waals surface area contributed by atoms with E-state index in [2.05, 4.69) is 30.8 Å². The Morgan fingerprint density at radius 1 is 1.41 bits per heavy atom. The Morgan fingerprint density at radius 3 is 3.09 bits per heavy atom. The predicted octanol–water partition coefficient (Wildman–Crippen LogP) is 2.38. The number of rotatable bonds is 5. The number of aromatic amines is 1. The highest BCUT2D eigenvalue weighted by molar-refractivity contribution is 7.22. The summed E-state index contributed by atoms with van der Waals surface area (Å²) in [7, 11) is 0.